The van der Waals surface area contributed by atoms with Crippen molar-refractivity contribution in [3.8, 4) is 0 Å². The Kier molecular flexibility index (Phi) is 16.5. The summed E-state index contributed by atoms with van der Waals surface area (Å²) < 4.78 is 10.3. The van der Waals surface area contributed by atoms with Crippen molar-refractivity contribution in [3.63, 3.8) is 0 Å². The quantitative estimate of drug-likeness (QED) is 0.249. The van der Waals surface area contributed by atoms with Gasteiger partial charge in [-0.15, -0.1) is 0 Å². The Balaban J connectivity index is 4.06. The molecule has 0 saturated heterocycles. The SMILES string of the molecule is CCCCCC(CCCC(CCCCCCC(=O)OCC)C(=O)O)OC(C)=O. The van der Waals surface area contributed by atoms with Crippen LogP contribution in [0.3, 0.4) is 0 Å². The highest BCUT2D eigenvalue weighted by molar-refractivity contribution is 5.70. The lowest BCUT2D eigenvalue weighted by molar-refractivity contribution is -0.148. The molecule has 0 rings (SSSR count). The maximum absolute atomic E-state index is 11.5. The van der Waals surface area contributed by atoms with Gasteiger partial charge >= 0.3 is 17.9 Å². The molecule has 2 unspecified atom stereocenters. The van der Waals surface area contributed by atoms with Crippen LogP contribution in [0.5, 0.6) is 0 Å². The molecule has 0 aromatic carbocycles. The molecule has 0 spiro atoms. The summed E-state index contributed by atoms with van der Waals surface area (Å²) in [5.41, 5.74) is 0. The summed E-state index contributed by atoms with van der Waals surface area (Å²) in [6.07, 6.45) is 10.7. The number of carboxylic acids is 1. The molecule has 0 aromatic heterocycles. The number of carbonyl (C=O) groups is 3. The van der Waals surface area contributed by atoms with Gasteiger partial charge in [0.1, 0.15) is 6.10 Å². The summed E-state index contributed by atoms with van der Waals surface area (Å²) in [6.45, 7) is 5.77. The van der Waals surface area contributed by atoms with Crippen LogP contribution in [0.4, 0.5) is 0 Å². The topological polar surface area (TPSA) is 89.9 Å². The first-order chi connectivity index (χ1) is 13.4. The summed E-state index contributed by atoms with van der Waals surface area (Å²) >= 11 is 0. The monoisotopic (exact) mass is 400 g/mol. The van der Waals surface area contributed by atoms with E-state index in [1.807, 2.05) is 0 Å². The van der Waals surface area contributed by atoms with Gasteiger partial charge in [0.25, 0.3) is 0 Å². The zero-order chi connectivity index (χ0) is 21.2. The molecule has 0 aliphatic heterocycles. The minimum absolute atomic E-state index is 0.0960. The predicted octanol–water partition coefficient (Wildman–Crippen LogP) is 5.27. The number of carbonyl (C=O) groups excluding carboxylic acids is 2. The Hall–Kier alpha value is -1.59. The van der Waals surface area contributed by atoms with Gasteiger partial charge in [-0.1, -0.05) is 39.0 Å². The molecular weight excluding hydrogens is 360 g/mol. The highest BCUT2D eigenvalue weighted by atomic mass is 16.5. The van der Waals surface area contributed by atoms with Gasteiger partial charge in [-0.05, 0) is 51.9 Å². The fourth-order valence-electron chi connectivity index (χ4n) is 3.35. The van der Waals surface area contributed by atoms with Crippen LogP contribution in [-0.4, -0.2) is 35.7 Å². The molecule has 0 amide bonds. The lowest BCUT2D eigenvalue weighted by atomic mass is 9.93. The smallest absolute Gasteiger partial charge is 0.306 e. The number of carboxylic acid groups (broad SMARTS) is 1. The van der Waals surface area contributed by atoms with Crippen molar-refractivity contribution in [2.24, 2.45) is 5.92 Å². The third-order valence-corrected chi connectivity index (χ3v) is 4.88. The average Bonchev–Trinajstić information content (AvgIpc) is 2.62. The van der Waals surface area contributed by atoms with Crippen LogP contribution in [0.15, 0.2) is 0 Å². The Morgan fingerprint density at radius 3 is 2.04 bits per heavy atom. The van der Waals surface area contributed by atoms with E-state index in [1.165, 1.54) is 6.92 Å². The van der Waals surface area contributed by atoms with E-state index in [0.29, 0.717) is 25.9 Å². The van der Waals surface area contributed by atoms with Gasteiger partial charge in [-0.25, -0.2) is 0 Å². The lowest BCUT2D eigenvalue weighted by Gasteiger charge is -2.18. The second kappa shape index (κ2) is 17.5. The number of aliphatic carboxylic acids is 1. The minimum atomic E-state index is -0.749. The maximum Gasteiger partial charge on any atom is 0.306 e. The van der Waals surface area contributed by atoms with Gasteiger partial charge in [0.05, 0.1) is 12.5 Å². The molecule has 0 heterocycles. The van der Waals surface area contributed by atoms with Gasteiger partial charge in [-0.2, -0.15) is 0 Å². The number of ether oxygens (including phenoxy) is 2. The summed E-state index contributed by atoms with van der Waals surface area (Å²) in [5, 5.41) is 9.45. The number of hydrogen-bond donors (Lipinski definition) is 1. The third kappa shape index (κ3) is 15.5. The Morgan fingerprint density at radius 2 is 1.43 bits per heavy atom. The van der Waals surface area contributed by atoms with Crippen LogP contribution in [0.25, 0.3) is 0 Å². The van der Waals surface area contributed by atoms with Gasteiger partial charge in [0.2, 0.25) is 0 Å². The minimum Gasteiger partial charge on any atom is -0.481 e. The van der Waals surface area contributed by atoms with Crippen LogP contribution in [0, 0.1) is 5.92 Å². The Morgan fingerprint density at radius 1 is 0.821 bits per heavy atom. The Labute approximate surface area is 170 Å². The molecule has 0 bridgehead atoms. The molecule has 1 N–H and O–H groups in total. The molecule has 0 aromatic rings. The second-order valence-electron chi connectivity index (χ2n) is 7.45. The molecule has 0 radical (unpaired) electrons. The van der Waals surface area contributed by atoms with Crippen molar-refractivity contribution in [2.45, 2.75) is 110 Å². The van der Waals surface area contributed by atoms with Crippen LogP contribution in [0.1, 0.15) is 104 Å². The molecule has 0 saturated carbocycles. The van der Waals surface area contributed by atoms with E-state index >= 15 is 0 Å². The fraction of sp³-hybridized carbons (Fsp3) is 0.864. The van der Waals surface area contributed by atoms with Gasteiger partial charge in [-0.3, -0.25) is 14.4 Å². The zero-order valence-corrected chi connectivity index (χ0v) is 18.0. The third-order valence-electron chi connectivity index (χ3n) is 4.88. The molecule has 0 fully saturated rings. The maximum atomic E-state index is 11.5. The van der Waals surface area contributed by atoms with Crippen molar-refractivity contribution < 1.29 is 29.0 Å². The van der Waals surface area contributed by atoms with Crippen molar-refractivity contribution >= 4 is 17.9 Å². The first kappa shape index (κ1) is 26.4. The second-order valence-corrected chi connectivity index (χ2v) is 7.45. The summed E-state index contributed by atoms with van der Waals surface area (Å²) in [6, 6.07) is 0. The lowest BCUT2D eigenvalue weighted by Crippen LogP contribution is -2.18. The molecule has 6 nitrogen and oxygen atoms in total. The van der Waals surface area contributed by atoms with Gasteiger partial charge < -0.3 is 14.6 Å². The van der Waals surface area contributed by atoms with E-state index in [1.54, 1.807) is 6.92 Å². The van der Waals surface area contributed by atoms with Crippen LogP contribution in [-0.2, 0) is 23.9 Å². The number of unbranched alkanes of at least 4 members (excludes halogenated alkanes) is 5. The van der Waals surface area contributed by atoms with Crippen LogP contribution < -0.4 is 0 Å². The van der Waals surface area contributed by atoms with E-state index in [-0.39, 0.29) is 24.0 Å². The first-order valence-corrected chi connectivity index (χ1v) is 11.0. The van der Waals surface area contributed by atoms with Gasteiger partial charge in [0.15, 0.2) is 0 Å². The summed E-state index contributed by atoms with van der Waals surface area (Å²) in [5.74, 6) is -1.52. The molecule has 0 aliphatic carbocycles. The molecule has 6 heteroatoms. The molecule has 2 atom stereocenters. The van der Waals surface area contributed by atoms with Gasteiger partial charge in [0, 0.05) is 13.3 Å². The van der Waals surface area contributed by atoms with E-state index in [4.69, 9.17) is 9.47 Å². The Bertz CT molecular complexity index is 435. The molecule has 164 valence electrons. The van der Waals surface area contributed by atoms with E-state index < -0.39 is 5.97 Å². The van der Waals surface area contributed by atoms with Crippen molar-refractivity contribution in [1.82, 2.24) is 0 Å². The average molecular weight is 401 g/mol. The van der Waals surface area contributed by atoms with E-state index in [0.717, 1.165) is 64.2 Å². The number of hydrogen-bond acceptors (Lipinski definition) is 5. The molecular formula is C22H40O6. The molecule has 28 heavy (non-hydrogen) atoms. The van der Waals surface area contributed by atoms with Crippen molar-refractivity contribution in [3.05, 3.63) is 0 Å². The predicted molar refractivity (Wildman–Crippen MR) is 109 cm³/mol. The zero-order valence-electron chi connectivity index (χ0n) is 18.0. The van der Waals surface area contributed by atoms with E-state index in [9.17, 15) is 19.5 Å². The van der Waals surface area contributed by atoms with Crippen LogP contribution in [0.2, 0.25) is 0 Å². The standard InChI is InChI=1S/C22H40O6/c1-4-6-9-15-20(28-18(3)23)16-12-14-19(22(25)26)13-10-7-8-11-17-21(24)27-5-2/h19-20H,4-17H2,1-3H3,(H,25,26). The number of esters is 2. The van der Waals surface area contributed by atoms with Crippen LogP contribution >= 0.6 is 0 Å². The van der Waals surface area contributed by atoms with Crippen molar-refractivity contribution in [1.29, 1.82) is 0 Å². The first-order valence-electron chi connectivity index (χ1n) is 11.0. The molecule has 0 aliphatic rings. The summed E-state index contributed by atoms with van der Waals surface area (Å²) in [7, 11) is 0. The van der Waals surface area contributed by atoms with E-state index in [2.05, 4.69) is 6.92 Å². The summed E-state index contributed by atoms with van der Waals surface area (Å²) in [4.78, 5) is 34.0. The fourth-order valence-corrected chi connectivity index (χ4v) is 3.35. The number of rotatable bonds is 18. The normalized spacial score (nSPS) is 13.0. The largest absolute Gasteiger partial charge is 0.481 e. The highest BCUT2D eigenvalue weighted by Gasteiger charge is 2.19. The highest BCUT2D eigenvalue weighted by Crippen LogP contribution is 2.21. The van der Waals surface area contributed by atoms with Crippen molar-refractivity contribution in [2.75, 3.05) is 6.61 Å².